The van der Waals surface area contributed by atoms with Crippen molar-refractivity contribution in [2.45, 2.75) is 19.8 Å². The van der Waals surface area contributed by atoms with Crippen LogP contribution in [0.15, 0.2) is 72.4 Å². The van der Waals surface area contributed by atoms with E-state index in [1.165, 1.54) is 12.0 Å². The van der Waals surface area contributed by atoms with Crippen LogP contribution in [0.5, 0.6) is 0 Å². The molecule has 1 aliphatic carbocycles. The Kier molecular flexibility index (Phi) is 5.99. The van der Waals surface area contributed by atoms with Crippen molar-refractivity contribution in [3.63, 3.8) is 0 Å². The van der Waals surface area contributed by atoms with Gasteiger partial charge in [-0.15, -0.1) is 0 Å². The smallest absolute Gasteiger partial charge is 0.0281 e. The Morgan fingerprint density at radius 1 is 0.733 bits per heavy atom. The first-order chi connectivity index (χ1) is 7.43. The van der Waals surface area contributed by atoms with Crippen LogP contribution in [0.25, 0.3) is 0 Å². The standard InChI is InChI=1S/C15H18/c1-2-12-15-13-10-8-6-4-3-5-7-9-11-14-15/h3-11,13-14H,2,12H2,1H3. The third kappa shape index (κ3) is 5.69. The second-order valence-corrected chi connectivity index (χ2v) is 3.39. The Labute approximate surface area is 92.7 Å². The van der Waals surface area contributed by atoms with Crippen LogP contribution in [0.1, 0.15) is 19.8 Å². The summed E-state index contributed by atoms with van der Waals surface area (Å²) in [5, 5.41) is 0. The molecule has 15 heavy (non-hydrogen) atoms. The minimum Gasteiger partial charge on any atom is -0.0651 e. The summed E-state index contributed by atoms with van der Waals surface area (Å²) in [6.07, 6.45) is 25.1. The average Bonchev–Trinajstić information content (AvgIpc) is 2.22. The van der Waals surface area contributed by atoms with Crippen LogP contribution in [0.4, 0.5) is 0 Å². The van der Waals surface area contributed by atoms with Crippen LogP contribution in [0.2, 0.25) is 0 Å². The monoisotopic (exact) mass is 198 g/mol. The summed E-state index contributed by atoms with van der Waals surface area (Å²) in [7, 11) is 0. The SMILES string of the molecule is CCCC1=CC=CC=CC=CC=CC=C1. The zero-order valence-electron chi connectivity index (χ0n) is 9.27. The van der Waals surface area contributed by atoms with E-state index in [0.717, 1.165) is 6.42 Å². The second-order valence-electron chi connectivity index (χ2n) is 3.39. The summed E-state index contributed by atoms with van der Waals surface area (Å²) in [6, 6.07) is 0. The van der Waals surface area contributed by atoms with Crippen molar-refractivity contribution in [1.82, 2.24) is 0 Å². The molecular formula is C15H18. The van der Waals surface area contributed by atoms with Crippen LogP contribution >= 0.6 is 0 Å². The molecule has 1 aliphatic rings. The quantitative estimate of drug-likeness (QED) is 0.612. The lowest BCUT2D eigenvalue weighted by Gasteiger charge is -1.96. The lowest BCUT2D eigenvalue weighted by atomic mass is 10.1. The summed E-state index contributed by atoms with van der Waals surface area (Å²) in [6.45, 7) is 2.20. The van der Waals surface area contributed by atoms with Gasteiger partial charge < -0.3 is 0 Å². The summed E-state index contributed by atoms with van der Waals surface area (Å²) in [5.41, 5.74) is 1.37. The first-order valence-electron chi connectivity index (χ1n) is 5.47. The zero-order valence-corrected chi connectivity index (χ0v) is 9.27. The molecule has 0 nitrogen and oxygen atoms in total. The number of allylic oxidation sites excluding steroid dienone is 12. The molecule has 0 radical (unpaired) electrons. The molecule has 0 spiro atoms. The lowest BCUT2D eigenvalue weighted by Crippen LogP contribution is -1.76. The van der Waals surface area contributed by atoms with Crippen molar-refractivity contribution >= 4 is 0 Å². The maximum atomic E-state index is 2.20. The molecule has 0 saturated heterocycles. The molecule has 0 aromatic heterocycles. The van der Waals surface area contributed by atoms with Gasteiger partial charge in [0.1, 0.15) is 0 Å². The minimum atomic E-state index is 1.13. The van der Waals surface area contributed by atoms with Crippen molar-refractivity contribution in [3.8, 4) is 0 Å². The predicted octanol–water partition coefficient (Wildman–Crippen LogP) is 4.51. The van der Waals surface area contributed by atoms with E-state index in [4.69, 9.17) is 0 Å². The first-order valence-corrected chi connectivity index (χ1v) is 5.47. The highest BCUT2D eigenvalue weighted by molar-refractivity contribution is 5.29. The number of rotatable bonds is 2. The molecule has 0 aliphatic heterocycles. The Bertz CT molecular complexity index is 333. The molecule has 0 heteroatoms. The summed E-state index contributed by atoms with van der Waals surface area (Å²) in [5.74, 6) is 0. The molecule has 0 N–H and O–H groups in total. The number of hydrogen-bond donors (Lipinski definition) is 0. The Balaban J connectivity index is 2.77. The van der Waals surface area contributed by atoms with E-state index in [-0.39, 0.29) is 0 Å². The maximum Gasteiger partial charge on any atom is -0.0281 e. The van der Waals surface area contributed by atoms with Crippen molar-refractivity contribution in [1.29, 1.82) is 0 Å². The summed E-state index contributed by atoms with van der Waals surface area (Å²) in [4.78, 5) is 0. The van der Waals surface area contributed by atoms with Crippen molar-refractivity contribution in [3.05, 3.63) is 72.4 Å². The van der Waals surface area contributed by atoms with Gasteiger partial charge in [0.15, 0.2) is 0 Å². The summed E-state index contributed by atoms with van der Waals surface area (Å²) >= 11 is 0. The van der Waals surface area contributed by atoms with Crippen LogP contribution < -0.4 is 0 Å². The highest BCUT2D eigenvalue weighted by atomic mass is 13.9. The largest absolute Gasteiger partial charge is 0.0651 e. The molecule has 0 aromatic rings. The van der Waals surface area contributed by atoms with Gasteiger partial charge in [-0.2, -0.15) is 0 Å². The van der Waals surface area contributed by atoms with E-state index in [9.17, 15) is 0 Å². The fourth-order valence-corrected chi connectivity index (χ4v) is 1.32. The Morgan fingerprint density at radius 2 is 1.27 bits per heavy atom. The van der Waals surface area contributed by atoms with E-state index in [1.807, 2.05) is 30.4 Å². The third-order valence-corrected chi connectivity index (χ3v) is 2.05. The van der Waals surface area contributed by atoms with Crippen LogP contribution in [-0.4, -0.2) is 0 Å². The maximum absolute atomic E-state index is 2.20. The lowest BCUT2D eigenvalue weighted by molar-refractivity contribution is 0.926. The zero-order chi connectivity index (χ0) is 10.8. The predicted molar refractivity (Wildman–Crippen MR) is 68.7 cm³/mol. The normalized spacial score (nSPS) is 15.9. The van der Waals surface area contributed by atoms with E-state index >= 15 is 0 Å². The Hall–Kier alpha value is -1.56. The van der Waals surface area contributed by atoms with Gasteiger partial charge in [-0.3, -0.25) is 0 Å². The highest BCUT2D eigenvalue weighted by Gasteiger charge is 1.87. The molecule has 0 saturated carbocycles. The van der Waals surface area contributed by atoms with Crippen LogP contribution in [-0.2, 0) is 0 Å². The average molecular weight is 198 g/mol. The molecule has 0 bridgehead atoms. The van der Waals surface area contributed by atoms with Crippen LogP contribution in [0.3, 0.4) is 0 Å². The molecule has 0 amide bonds. The highest BCUT2D eigenvalue weighted by Crippen LogP contribution is 2.07. The van der Waals surface area contributed by atoms with Crippen molar-refractivity contribution in [2.24, 2.45) is 0 Å². The van der Waals surface area contributed by atoms with Crippen molar-refractivity contribution < 1.29 is 0 Å². The number of hydrogen-bond acceptors (Lipinski definition) is 0. The van der Waals surface area contributed by atoms with Gasteiger partial charge in [-0.05, 0) is 12.0 Å². The van der Waals surface area contributed by atoms with Gasteiger partial charge in [0.2, 0.25) is 0 Å². The van der Waals surface area contributed by atoms with Gasteiger partial charge in [-0.1, -0.05) is 80.2 Å². The topological polar surface area (TPSA) is 0 Å². The van der Waals surface area contributed by atoms with Gasteiger partial charge in [0.25, 0.3) is 0 Å². The second kappa shape index (κ2) is 7.81. The fourth-order valence-electron chi connectivity index (χ4n) is 1.32. The Morgan fingerprint density at radius 3 is 1.87 bits per heavy atom. The minimum absolute atomic E-state index is 1.13. The van der Waals surface area contributed by atoms with Crippen molar-refractivity contribution in [2.75, 3.05) is 0 Å². The molecule has 0 aromatic carbocycles. The van der Waals surface area contributed by atoms with E-state index in [0.29, 0.717) is 0 Å². The van der Waals surface area contributed by atoms with Gasteiger partial charge in [-0.25, -0.2) is 0 Å². The molecule has 0 heterocycles. The third-order valence-electron chi connectivity index (χ3n) is 2.05. The molecule has 78 valence electrons. The molecule has 0 atom stereocenters. The molecule has 1 rings (SSSR count). The van der Waals surface area contributed by atoms with E-state index in [2.05, 4.69) is 43.4 Å². The van der Waals surface area contributed by atoms with Gasteiger partial charge in [0, 0.05) is 0 Å². The molecule has 0 unspecified atom stereocenters. The van der Waals surface area contributed by atoms with Crippen LogP contribution in [0, 0.1) is 0 Å². The fraction of sp³-hybridized carbons (Fsp3) is 0.200. The van der Waals surface area contributed by atoms with E-state index < -0.39 is 0 Å². The van der Waals surface area contributed by atoms with Gasteiger partial charge in [0.05, 0.1) is 0 Å². The van der Waals surface area contributed by atoms with Gasteiger partial charge >= 0.3 is 0 Å². The molecular weight excluding hydrogens is 180 g/mol. The first kappa shape index (κ1) is 11.5. The van der Waals surface area contributed by atoms with E-state index in [1.54, 1.807) is 0 Å². The summed E-state index contributed by atoms with van der Waals surface area (Å²) < 4.78 is 0. The molecule has 0 fully saturated rings.